The van der Waals surface area contributed by atoms with Gasteiger partial charge >= 0.3 is 0 Å². The summed E-state index contributed by atoms with van der Waals surface area (Å²) in [6, 6.07) is 6.60. The SMILES string of the molecule is Cc1c[c]cc(C)c1OCC(=O)NCCO. The number of nitrogens with one attached hydrogen (secondary N) is 1. The summed E-state index contributed by atoms with van der Waals surface area (Å²) < 4.78 is 5.41. The molecule has 16 heavy (non-hydrogen) atoms. The van der Waals surface area contributed by atoms with Crippen LogP contribution in [-0.2, 0) is 4.79 Å². The highest BCUT2D eigenvalue weighted by molar-refractivity contribution is 5.77. The molecule has 0 aromatic heterocycles. The Balaban J connectivity index is 2.51. The van der Waals surface area contributed by atoms with E-state index in [-0.39, 0.29) is 25.7 Å². The van der Waals surface area contributed by atoms with Crippen molar-refractivity contribution in [3.63, 3.8) is 0 Å². The van der Waals surface area contributed by atoms with Gasteiger partial charge in [-0.25, -0.2) is 0 Å². The first-order valence-electron chi connectivity index (χ1n) is 5.12. The number of aliphatic hydroxyl groups excluding tert-OH is 1. The molecule has 1 aromatic carbocycles. The summed E-state index contributed by atoms with van der Waals surface area (Å²) in [6.07, 6.45) is 0. The summed E-state index contributed by atoms with van der Waals surface area (Å²) in [7, 11) is 0. The lowest BCUT2D eigenvalue weighted by Crippen LogP contribution is -2.31. The smallest absolute Gasteiger partial charge is 0.258 e. The third-order valence-corrected chi connectivity index (χ3v) is 2.10. The van der Waals surface area contributed by atoms with Gasteiger partial charge in [-0.2, -0.15) is 0 Å². The van der Waals surface area contributed by atoms with Gasteiger partial charge in [0.05, 0.1) is 6.61 Å². The molecular formula is C12H16NO3. The van der Waals surface area contributed by atoms with E-state index in [0.717, 1.165) is 16.9 Å². The summed E-state index contributed by atoms with van der Waals surface area (Å²) in [5.74, 6) is 0.485. The van der Waals surface area contributed by atoms with Crippen molar-refractivity contribution in [2.45, 2.75) is 13.8 Å². The second-order valence-electron chi connectivity index (χ2n) is 3.51. The Labute approximate surface area is 95.2 Å². The standard InChI is InChI=1S/C12H16NO3/c1-9-4-3-5-10(2)12(9)16-8-11(15)13-6-7-14/h4-5,14H,6-8H2,1-2H3,(H,13,15). The van der Waals surface area contributed by atoms with Gasteiger partial charge in [-0.05, 0) is 43.2 Å². The van der Waals surface area contributed by atoms with Crippen LogP contribution in [0.4, 0.5) is 0 Å². The van der Waals surface area contributed by atoms with Gasteiger partial charge in [0.1, 0.15) is 5.75 Å². The highest BCUT2D eigenvalue weighted by Gasteiger charge is 2.06. The number of hydrogen-bond acceptors (Lipinski definition) is 3. The van der Waals surface area contributed by atoms with Crippen LogP contribution in [-0.4, -0.2) is 30.8 Å². The summed E-state index contributed by atoms with van der Waals surface area (Å²) in [5.41, 5.74) is 1.91. The van der Waals surface area contributed by atoms with Gasteiger partial charge in [0, 0.05) is 6.54 Å². The molecule has 2 N–H and O–H groups in total. The van der Waals surface area contributed by atoms with Crippen LogP contribution in [0.1, 0.15) is 11.1 Å². The number of aryl methyl sites for hydroxylation is 2. The Morgan fingerprint density at radius 3 is 2.62 bits per heavy atom. The van der Waals surface area contributed by atoms with Gasteiger partial charge in [0.25, 0.3) is 5.91 Å². The number of amides is 1. The van der Waals surface area contributed by atoms with Crippen LogP contribution >= 0.6 is 0 Å². The average Bonchev–Trinajstić information content (AvgIpc) is 2.25. The van der Waals surface area contributed by atoms with Crippen molar-refractivity contribution in [2.75, 3.05) is 19.8 Å². The molecule has 1 rings (SSSR count). The van der Waals surface area contributed by atoms with Gasteiger partial charge in [0.15, 0.2) is 6.61 Å². The Kier molecular flexibility index (Phi) is 4.79. The fourth-order valence-electron chi connectivity index (χ4n) is 1.35. The van der Waals surface area contributed by atoms with E-state index in [1.54, 1.807) is 0 Å². The third kappa shape index (κ3) is 3.55. The molecule has 0 saturated carbocycles. The lowest BCUT2D eigenvalue weighted by molar-refractivity contribution is -0.123. The fraction of sp³-hybridized carbons (Fsp3) is 0.417. The molecule has 4 nitrogen and oxygen atoms in total. The van der Waals surface area contributed by atoms with Crippen LogP contribution in [0.25, 0.3) is 0 Å². The minimum atomic E-state index is -0.235. The Bertz CT molecular complexity index is 343. The van der Waals surface area contributed by atoms with Crippen molar-refractivity contribution in [1.29, 1.82) is 0 Å². The lowest BCUT2D eigenvalue weighted by atomic mass is 10.1. The van der Waals surface area contributed by atoms with E-state index in [2.05, 4.69) is 11.4 Å². The van der Waals surface area contributed by atoms with E-state index in [1.807, 2.05) is 26.0 Å². The molecule has 4 heteroatoms. The molecule has 1 amide bonds. The third-order valence-electron chi connectivity index (χ3n) is 2.10. The summed E-state index contributed by atoms with van der Waals surface area (Å²) in [6.45, 7) is 3.97. The molecule has 0 spiro atoms. The van der Waals surface area contributed by atoms with Crippen molar-refractivity contribution in [3.8, 4) is 5.75 Å². The molecule has 87 valence electrons. The Hall–Kier alpha value is -1.55. The second-order valence-corrected chi connectivity index (χ2v) is 3.51. The van der Waals surface area contributed by atoms with Crippen molar-refractivity contribution >= 4 is 5.91 Å². The summed E-state index contributed by atoms with van der Waals surface area (Å²) in [5, 5.41) is 11.0. The maximum Gasteiger partial charge on any atom is 0.258 e. The second kappa shape index (κ2) is 6.12. The quantitative estimate of drug-likeness (QED) is 0.766. The van der Waals surface area contributed by atoms with Crippen LogP contribution in [0.3, 0.4) is 0 Å². The van der Waals surface area contributed by atoms with Gasteiger partial charge in [-0.1, -0.05) is 0 Å². The number of hydrogen-bond donors (Lipinski definition) is 2. The zero-order chi connectivity index (χ0) is 12.0. The normalized spacial score (nSPS) is 9.94. The predicted octanol–water partition coefficient (Wildman–Crippen LogP) is 0.591. The molecule has 1 radical (unpaired) electrons. The molecule has 0 heterocycles. The zero-order valence-electron chi connectivity index (χ0n) is 9.54. The molecule has 0 fully saturated rings. The first kappa shape index (κ1) is 12.5. The largest absolute Gasteiger partial charge is 0.483 e. The molecule has 0 atom stereocenters. The van der Waals surface area contributed by atoms with E-state index in [9.17, 15) is 4.79 Å². The van der Waals surface area contributed by atoms with Crippen molar-refractivity contribution < 1.29 is 14.6 Å². The van der Waals surface area contributed by atoms with Crippen LogP contribution in [0, 0.1) is 19.9 Å². The predicted molar refractivity (Wildman–Crippen MR) is 60.3 cm³/mol. The molecule has 0 aliphatic carbocycles. The van der Waals surface area contributed by atoms with E-state index >= 15 is 0 Å². The molecule has 0 unspecified atom stereocenters. The van der Waals surface area contributed by atoms with Gasteiger partial charge < -0.3 is 15.2 Å². The van der Waals surface area contributed by atoms with Crippen LogP contribution in [0.2, 0.25) is 0 Å². The van der Waals surface area contributed by atoms with Crippen molar-refractivity contribution in [3.05, 3.63) is 29.3 Å². The Morgan fingerprint density at radius 2 is 2.06 bits per heavy atom. The van der Waals surface area contributed by atoms with E-state index in [1.165, 1.54) is 0 Å². The molecule has 0 aliphatic heterocycles. The fourth-order valence-corrected chi connectivity index (χ4v) is 1.35. The monoisotopic (exact) mass is 222 g/mol. The number of benzene rings is 1. The number of carbonyl (C=O) groups is 1. The molecule has 1 aromatic rings. The van der Waals surface area contributed by atoms with E-state index in [0.29, 0.717) is 0 Å². The minimum Gasteiger partial charge on any atom is -0.483 e. The zero-order valence-corrected chi connectivity index (χ0v) is 9.54. The van der Waals surface area contributed by atoms with Gasteiger partial charge in [-0.3, -0.25) is 4.79 Å². The van der Waals surface area contributed by atoms with Gasteiger partial charge in [0.2, 0.25) is 0 Å². The van der Waals surface area contributed by atoms with Crippen LogP contribution in [0.15, 0.2) is 12.1 Å². The summed E-state index contributed by atoms with van der Waals surface area (Å²) in [4.78, 5) is 11.2. The maximum atomic E-state index is 11.2. The van der Waals surface area contributed by atoms with Crippen LogP contribution in [0.5, 0.6) is 5.75 Å². The topological polar surface area (TPSA) is 58.6 Å². The number of carbonyl (C=O) groups excluding carboxylic acids is 1. The molecule has 0 bridgehead atoms. The number of rotatable bonds is 5. The molecule has 0 saturated heterocycles. The summed E-state index contributed by atoms with van der Waals surface area (Å²) >= 11 is 0. The van der Waals surface area contributed by atoms with E-state index < -0.39 is 0 Å². The first-order chi connectivity index (χ1) is 7.65. The maximum absolute atomic E-state index is 11.2. The highest BCUT2D eigenvalue weighted by atomic mass is 16.5. The van der Waals surface area contributed by atoms with Crippen molar-refractivity contribution in [2.24, 2.45) is 0 Å². The highest BCUT2D eigenvalue weighted by Crippen LogP contribution is 2.21. The Morgan fingerprint density at radius 1 is 1.44 bits per heavy atom. The molecular weight excluding hydrogens is 206 g/mol. The number of aliphatic hydroxyl groups is 1. The lowest BCUT2D eigenvalue weighted by Gasteiger charge is -2.11. The van der Waals surface area contributed by atoms with Crippen LogP contribution < -0.4 is 10.1 Å². The molecule has 0 aliphatic rings. The minimum absolute atomic E-state index is 0.0360. The van der Waals surface area contributed by atoms with E-state index in [4.69, 9.17) is 9.84 Å². The van der Waals surface area contributed by atoms with Gasteiger partial charge in [-0.15, -0.1) is 0 Å². The average molecular weight is 222 g/mol. The van der Waals surface area contributed by atoms with Crippen molar-refractivity contribution in [1.82, 2.24) is 5.32 Å². The number of ether oxygens (including phenoxy) is 1. The first-order valence-corrected chi connectivity index (χ1v) is 5.12.